The minimum atomic E-state index is 0. The maximum Gasteiger partial charge on any atom is 0.228 e. The molecule has 2 aromatic heterocycles. The first-order valence-electron chi connectivity index (χ1n) is 25.1. The van der Waals surface area contributed by atoms with Crippen LogP contribution in [0.3, 0.4) is 0 Å². The van der Waals surface area contributed by atoms with Crippen LogP contribution in [0.5, 0.6) is 0 Å². The van der Waals surface area contributed by atoms with Crippen LogP contribution >= 0.6 is 0 Å². The number of hydrogen-bond donors (Lipinski definition) is 9. The summed E-state index contributed by atoms with van der Waals surface area (Å²) in [6.45, 7) is 30.1. The van der Waals surface area contributed by atoms with Crippen LogP contribution in [0.4, 0.5) is 23.8 Å². The van der Waals surface area contributed by atoms with E-state index in [2.05, 4.69) is 118 Å². The van der Waals surface area contributed by atoms with E-state index in [0.29, 0.717) is 59.8 Å². The Hall–Kier alpha value is -3.14. The van der Waals surface area contributed by atoms with Gasteiger partial charge in [-0.3, -0.25) is 19.6 Å². The molecule has 2 saturated carbocycles. The van der Waals surface area contributed by atoms with Gasteiger partial charge in [0.05, 0.1) is 24.7 Å². The molecule has 8 rings (SSSR count). The Balaban J connectivity index is 0.00000612. The largest absolute Gasteiger partial charge is 0.344 e. The highest BCUT2D eigenvalue weighted by atomic mass is 15.4. The van der Waals surface area contributed by atoms with Gasteiger partial charge in [-0.15, -0.1) is 0 Å². The molecule has 6 heterocycles. The lowest BCUT2D eigenvalue weighted by atomic mass is 9.81. The Kier molecular flexibility index (Phi) is 17.2. The van der Waals surface area contributed by atoms with Crippen LogP contribution in [0, 0.1) is 11.8 Å². The molecule has 12 atom stereocenters. The Bertz CT molecular complexity index is 1530. The first-order valence-corrected chi connectivity index (χ1v) is 25.1. The number of nitrogens with one attached hydrogen (secondary N) is 8. The van der Waals surface area contributed by atoms with Crippen molar-refractivity contribution in [2.24, 2.45) is 11.8 Å². The number of anilines is 4. The molecule has 0 amide bonds. The number of fused-ring (bicyclic) bond motifs is 2. The van der Waals surface area contributed by atoms with Crippen LogP contribution < -0.4 is 48.7 Å². The highest BCUT2D eigenvalue weighted by Gasteiger charge is 2.49. The van der Waals surface area contributed by atoms with Crippen LogP contribution in [0.15, 0.2) is 0 Å². The summed E-state index contributed by atoms with van der Waals surface area (Å²) in [6.07, 6.45) is 7.92. The van der Waals surface area contributed by atoms with E-state index in [9.17, 15) is 0 Å². The Morgan fingerprint density at radius 3 is 0.938 bits per heavy atom. The Morgan fingerprint density at radius 2 is 0.703 bits per heavy atom. The summed E-state index contributed by atoms with van der Waals surface area (Å²) in [5.74, 6) is 5.86. The molecule has 12 unspecified atom stereocenters. The smallest absolute Gasteiger partial charge is 0.228 e. The molecule has 11 N–H and O–H groups in total. The van der Waals surface area contributed by atoms with Crippen LogP contribution in [0.2, 0.25) is 0 Å². The summed E-state index contributed by atoms with van der Waals surface area (Å²) >= 11 is 0. The SMILES string of the molecule is CCC1CNCCN1C(C)Nc1nc(NC(C)N2CCNCC2CC)nc(C2CC3CC2CC3c2nc(NC(C)N3CCNCC3CC)nc(NC(C)N3CCNCC3CC)n2)n1.N. The molecule has 2 aliphatic carbocycles. The van der Waals surface area contributed by atoms with Crippen LogP contribution in [0.1, 0.15) is 124 Å². The number of aromatic nitrogens is 6. The van der Waals surface area contributed by atoms with Crippen LogP contribution in [-0.4, -0.2) is 177 Å². The van der Waals surface area contributed by atoms with Gasteiger partial charge in [0, 0.05) is 115 Å². The lowest BCUT2D eigenvalue weighted by Crippen LogP contribution is -2.56. The van der Waals surface area contributed by atoms with Gasteiger partial charge in [0.1, 0.15) is 11.6 Å². The third-order valence-corrected chi connectivity index (χ3v) is 15.6. The molecule has 0 spiro atoms. The molecule has 19 heteroatoms. The van der Waals surface area contributed by atoms with Gasteiger partial charge < -0.3 is 48.7 Å². The molecule has 4 saturated heterocycles. The van der Waals surface area contributed by atoms with E-state index in [1.807, 2.05) is 0 Å². The zero-order chi connectivity index (χ0) is 44.0. The van der Waals surface area contributed by atoms with Gasteiger partial charge in [-0.1, -0.05) is 27.7 Å². The van der Waals surface area contributed by atoms with Gasteiger partial charge >= 0.3 is 0 Å². The molecular weight excluding hydrogens is 807 g/mol. The van der Waals surface area contributed by atoms with E-state index in [0.717, 1.165) is 135 Å². The van der Waals surface area contributed by atoms with Crippen molar-refractivity contribution < 1.29 is 0 Å². The van der Waals surface area contributed by atoms with Gasteiger partial charge in [-0.05, 0) is 84.5 Å². The molecule has 19 nitrogen and oxygen atoms in total. The van der Waals surface area contributed by atoms with Crippen molar-refractivity contribution >= 4 is 23.8 Å². The quantitative estimate of drug-likeness (QED) is 0.105. The molecule has 4 aliphatic heterocycles. The number of rotatable bonds is 18. The number of piperazine rings is 4. The van der Waals surface area contributed by atoms with Gasteiger partial charge in [0.2, 0.25) is 23.8 Å². The second kappa shape index (κ2) is 22.6. The summed E-state index contributed by atoms with van der Waals surface area (Å²) in [7, 11) is 0. The fourth-order valence-electron chi connectivity index (χ4n) is 12.0. The second-order valence-corrected chi connectivity index (χ2v) is 19.4. The first-order chi connectivity index (χ1) is 30.7. The minimum absolute atomic E-state index is 0. The Morgan fingerprint density at radius 1 is 0.438 bits per heavy atom. The molecule has 6 fully saturated rings. The third kappa shape index (κ3) is 11.2. The molecule has 360 valence electrons. The van der Waals surface area contributed by atoms with Crippen molar-refractivity contribution in [2.45, 2.75) is 161 Å². The monoisotopic (exact) mass is 892 g/mol. The van der Waals surface area contributed by atoms with E-state index < -0.39 is 0 Å². The van der Waals surface area contributed by atoms with Crippen LogP contribution in [-0.2, 0) is 0 Å². The molecule has 2 aromatic rings. The number of nitrogens with zero attached hydrogens (tertiary/aromatic N) is 10. The topological polar surface area (TPSA) is 222 Å². The maximum atomic E-state index is 5.26. The molecular formula is C45H85N19. The van der Waals surface area contributed by atoms with Crippen molar-refractivity contribution in [3.8, 4) is 0 Å². The third-order valence-electron chi connectivity index (χ3n) is 15.6. The van der Waals surface area contributed by atoms with Gasteiger partial charge in [-0.2, -0.15) is 29.9 Å². The predicted octanol–water partition coefficient (Wildman–Crippen LogP) is 3.28. The summed E-state index contributed by atoms with van der Waals surface area (Å²) in [4.78, 5) is 41.4. The standard InChI is InChI=1S/C45H82N18.H3N/c1-9-34-24-46-13-17-60(34)28(5)50-42-54-40(55-43(58-42)51-29(6)61-18-14-47-25-35(61)10-2)38-22-33-21-32(38)23-39(33)41-56-44(52-30(7)62-19-15-48-26-36(62)11-3)59-45(57-41)53-31(8)63-20-16-49-27-37(63)12-4;/h28-39,46-49H,9-27H2,1-8H3,(H2,50,51,54,55,58)(H2,52,53,56,57,59);1H3. The molecule has 0 radical (unpaired) electrons. The van der Waals surface area contributed by atoms with E-state index in [-0.39, 0.29) is 42.6 Å². The van der Waals surface area contributed by atoms with E-state index >= 15 is 0 Å². The molecule has 6 aliphatic rings. The highest BCUT2D eigenvalue weighted by molar-refractivity contribution is 5.39. The average molecular weight is 892 g/mol. The molecule has 0 aromatic carbocycles. The summed E-state index contributed by atoms with van der Waals surface area (Å²) in [5, 5.41) is 29.3. The predicted molar refractivity (Wildman–Crippen MR) is 258 cm³/mol. The van der Waals surface area contributed by atoms with Crippen molar-refractivity contribution in [1.29, 1.82) is 0 Å². The zero-order valence-corrected chi connectivity index (χ0v) is 40.5. The first kappa shape index (κ1) is 48.8. The van der Waals surface area contributed by atoms with Crippen LogP contribution in [0.25, 0.3) is 0 Å². The maximum absolute atomic E-state index is 5.26. The fraction of sp³-hybridized carbons (Fsp3) is 0.867. The van der Waals surface area contributed by atoms with E-state index in [1.54, 1.807) is 0 Å². The normalized spacial score (nSPS) is 31.4. The van der Waals surface area contributed by atoms with E-state index in [1.165, 1.54) is 0 Å². The van der Waals surface area contributed by atoms with Crippen molar-refractivity contribution in [2.75, 3.05) is 99.8 Å². The van der Waals surface area contributed by atoms with Gasteiger partial charge in [-0.25, -0.2) is 0 Å². The zero-order valence-electron chi connectivity index (χ0n) is 40.5. The lowest BCUT2D eigenvalue weighted by Gasteiger charge is -2.40. The lowest BCUT2D eigenvalue weighted by molar-refractivity contribution is 0.123. The Labute approximate surface area is 384 Å². The summed E-state index contributed by atoms with van der Waals surface area (Å²) < 4.78 is 0. The molecule has 64 heavy (non-hydrogen) atoms. The minimum Gasteiger partial charge on any atom is -0.344 e. The summed E-state index contributed by atoms with van der Waals surface area (Å²) in [6, 6.07) is 1.89. The van der Waals surface area contributed by atoms with Gasteiger partial charge in [0.25, 0.3) is 0 Å². The average Bonchev–Trinajstić information content (AvgIpc) is 3.93. The number of hydrogen-bond acceptors (Lipinski definition) is 19. The fourth-order valence-corrected chi connectivity index (χ4v) is 12.0. The van der Waals surface area contributed by atoms with Crippen molar-refractivity contribution in [3.63, 3.8) is 0 Å². The van der Waals surface area contributed by atoms with Crippen molar-refractivity contribution in [3.05, 3.63) is 11.6 Å². The highest BCUT2D eigenvalue weighted by Crippen LogP contribution is 2.58. The summed E-state index contributed by atoms with van der Waals surface area (Å²) in [5.41, 5.74) is 0. The van der Waals surface area contributed by atoms with Crippen molar-refractivity contribution in [1.82, 2.24) is 76.9 Å². The van der Waals surface area contributed by atoms with Gasteiger partial charge in [0.15, 0.2) is 0 Å². The molecule has 2 bridgehead atoms. The second-order valence-electron chi connectivity index (χ2n) is 19.4. The van der Waals surface area contributed by atoms with E-state index in [4.69, 9.17) is 29.9 Å².